The average molecular weight is 476 g/mol. The maximum Gasteiger partial charge on any atom is 0.263 e. The lowest BCUT2D eigenvalue weighted by molar-refractivity contribution is 0.0949. The molecule has 3 aromatic rings. The van der Waals surface area contributed by atoms with Gasteiger partial charge in [0.05, 0.1) is 0 Å². The first-order valence-corrected chi connectivity index (χ1v) is 12.2. The van der Waals surface area contributed by atoms with E-state index >= 15 is 0 Å². The van der Waals surface area contributed by atoms with Crippen LogP contribution in [0.1, 0.15) is 28.8 Å². The number of benzene rings is 1. The summed E-state index contributed by atoms with van der Waals surface area (Å²) in [5, 5.41) is 3.92. The summed E-state index contributed by atoms with van der Waals surface area (Å²) < 4.78 is 30.2. The lowest BCUT2D eigenvalue weighted by atomic mass is 10.1. The number of amides is 1. The van der Waals surface area contributed by atoms with Crippen molar-refractivity contribution in [1.82, 2.24) is 14.9 Å². The standard InChI is InChI=1S/C22H22ClN3O5S/c1-26-18-15(7-10-24-20(18)31-13-22(8-9-22)32(2,29)30)11-17(21(26)28)19(27)25-12-14-3-5-16(23)6-4-14/h3-7,10-11H,8-9,12-13H2,1-2H3,(H,25,27). The van der Waals surface area contributed by atoms with Crippen molar-refractivity contribution in [2.75, 3.05) is 12.9 Å². The summed E-state index contributed by atoms with van der Waals surface area (Å²) >= 11 is 5.87. The normalized spacial score (nSPS) is 14.8. The van der Waals surface area contributed by atoms with Crippen LogP contribution in [0.5, 0.6) is 5.88 Å². The molecule has 0 aliphatic heterocycles. The van der Waals surface area contributed by atoms with Gasteiger partial charge in [-0.25, -0.2) is 13.4 Å². The highest BCUT2D eigenvalue weighted by atomic mass is 35.5. The minimum absolute atomic E-state index is 0.0130. The molecule has 8 nitrogen and oxygen atoms in total. The molecule has 32 heavy (non-hydrogen) atoms. The maximum atomic E-state index is 12.9. The lowest BCUT2D eigenvalue weighted by Gasteiger charge is -2.16. The number of fused-ring (bicyclic) bond motifs is 1. The van der Waals surface area contributed by atoms with Gasteiger partial charge in [-0.1, -0.05) is 23.7 Å². The van der Waals surface area contributed by atoms with Crippen LogP contribution >= 0.6 is 11.6 Å². The number of pyridine rings is 2. The Kier molecular flexibility index (Phi) is 5.72. The van der Waals surface area contributed by atoms with E-state index in [2.05, 4.69) is 10.3 Å². The van der Waals surface area contributed by atoms with Crippen LogP contribution < -0.4 is 15.6 Å². The summed E-state index contributed by atoms with van der Waals surface area (Å²) in [7, 11) is -1.74. The highest BCUT2D eigenvalue weighted by Gasteiger charge is 2.53. The summed E-state index contributed by atoms with van der Waals surface area (Å²) in [6, 6.07) is 10.2. The number of carbonyl (C=O) groups is 1. The van der Waals surface area contributed by atoms with Gasteiger partial charge in [0.25, 0.3) is 11.5 Å². The van der Waals surface area contributed by atoms with E-state index in [1.54, 1.807) is 30.3 Å². The second-order valence-electron chi connectivity index (χ2n) is 8.03. The number of nitrogens with zero attached hydrogens (tertiary/aromatic N) is 2. The molecule has 4 rings (SSSR count). The summed E-state index contributed by atoms with van der Waals surface area (Å²) in [5.41, 5.74) is 0.727. The first-order valence-electron chi connectivity index (χ1n) is 9.95. The zero-order valence-electron chi connectivity index (χ0n) is 17.6. The van der Waals surface area contributed by atoms with Gasteiger partial charge in [0.15, 0.2) is 9.84 Å². The molecule has 0 bridgehead atoms. The first-order chi connectivity index (χ1) is 15.1. The van der Waals surface area contributed by atoms with Gasteiger partial charge < -0.3 is 14.6 Å². The van der Waals surface area contributed by atoms with Crippen LogP contribution in [0.4, 0.5) is 0 Å². The highest BCUT2D eigenvalue weighted by Crippen LogP contribution is 2.43. The molecule has 2 heterocycles. The van der Waals surface area contributed by atoms with Gasteiger partial charge in [0, 0.05) is 36.5 Å². The van der Waals surface area contributed by atoms with E-state index in [9.17, 15) is 18.0 Å². The number of halogens is 1. The van der Waals surface area contributed by atoms with E-state index in [4.69, 9.17) is 16.3 Å². The molecule has 0 radical (unpaired) electrons. The van der Waals surface area contributed by atoms with Gasteiger partial charge >= 0.3 is 0 Å². The minimum Gasteiger partial charge on any atom is -0.474 e. The van der Waals surface area contributed by atoms with Crippen LogP contribution in [0.15, 0.2) is 47.4 Å². The Morgan fingerprint density at radius 2 is 1.94 bits per heavy atom. The van der Waals surface area contributed by atoms with Crippen LogP contribution in [-0.4, -0.2) is 41.5 Å². The minimum atomic E-state index is -3.26. The van der Waals surface area contributed by atoms with Crippen molar-refractivity contribution in [1.29, 1.82) is 0 Å². The fourth-order valence-corrected chi connectivity index (χ4v) is 4.75. The molecule has 1 aliphatic carbocycles. The van der Waals surface area contributed by atoms with Crippen LogP contribution in [0.3, 0.4) is 0 Å². The fraction of sp³-hybridized carbons (Fsp3) is 0.318. The molecule has 0 saturated heterocycles. The second-order valence-corrected chi connectivity index (χ2v) is 10.9. The first kappa shape index (κ1) is 22.3. The van der Waals surface area contributed by atoms with Crippen molar-refractivity contribution in [2.24, 2.45) is 7.05 Å². The molecule has 0 atom stereocenters. The van der Waals surface area contributed by atoms with Gasteiger partial charge in [-0.15, -0.1) is 0 Å². The number of aryl methyl sites for hydroxylation is 1. The molecule has 168 valence electrons. The van der Waals surface area contributed by atoms with Crippen LogP contribution in [-0.2, 0) is 23.4 Å². The largest absolute Gasteiger partial charge is 0.474 e. The molecule has 0 unspecified atom stereocenters. The van der Waals surface area contributed by atoms with E-state index in [0.29, 0.717) is 28.8 Å². The van der Waals surface area contributed by atoms with Gasteiger partial charge in [-0.05, 0) is 42.7 Å². The molecule has 1 amide bonds. The van der Waals surface area contributed by atoms with Crippen molar-refractivity contribution in [3.8, 4) is 5.88 Å². The number of aromatic nitrogens is 2. The number of hydrogen-bond acceptors (Lipinski definition) is 6. The zero-order chi connectivity index (χ0) is 23.1. The molecule has 1 aliphatic rings. The quantitative estimate of drug-likeness (QED) is 0.562. The molecule has 1 fully saturated rings. The zero-order valence-corrected chi connectivity index (χ0v) is 19.2. The Morgan fingerprint density at radius 1 is 1.25 bits per heavy atom. The van der Waals surface area contributed by atoms with Crippen molar-refractivity contribution in [3.63, 3.8) is 0 Å². The molecule has 10 heteroatoms. The Hall–Kier alpha value is -2.91. The second kappa shape index (κ2) is 8.22. The van der Waals surface area contributed by atoms with Gasteiger partial charge in [0.2, 0.25) is 5.88 Å². The molecule has 2 aromatic heterocycles. The van der Waals surface area contributed by atoms with Crippen LogP contribution in [0.25, 0.3) is 10.9 Å². The molecule has 1 aromatic carbocycles. The van der Waals surface area contributed by atoms with Gasteiger partial charge in [0.1, 0.15) is 22.4 Å². The fourth-order valence-electron chi connectivity index (χ4n) is 3.51. The Labute approximate surface area is 190 Å². The van der Waals surface area contributed by atoms with Crippen LogP contribution in [0.2, 0.25) is 5.02 Å². The number of nitrogens with one attached hydrogen (secondary N) is 1. The predicted octanol–water partition coefficient (Wildman–Crippen LogP) is 2.47. The van der Waals surface area contributed by atoms with Crippen molar-refractivity contribution in [2.45, 2.75) is 24.1 Å². The monoisotopic (exact) mass is 475 g/mol. The summed E-state index contributed by atoms with van der Waals surface area (Å²) in [4.78, 5) is 29.8. The van der Waals surface area contributed by atoms with E-state index < -0.39 is 26.1 Å². The molecule has 0 spiro atoms. The van der Waals surface area contributed by atoms with Crippen molar-refractivity contribution < 1.29 is 17.9 Å². The number of sulfone groups is 1. The van der Waals surface area contributed by atoms with E-state index in [-0.39, 0.29) is 24.6 Å². The van der Waals surface area contributed by atoms with E-state index in [1.165, 1.54) is 30.1 Å². The number of hydrogen-bond donors (Lipinski definition) is 1. The number of carbonyl (C=O) groups excluding carboxylic acids is 1. The number of rotatable bonds is 7. The van der Waals surface area contributed by atoms with Crippen LogP contribution in [0, 0.1) is 0 Å². The van der Waals surface area contributed by atoms with Gasteiger partial charge in [-0.3, -0.25) is 9.59 Å². The van der Waals surface area contributed by atoms with E-state index in [1.807, 2.05) is 0 Å². The Bertz CT molecular complexity index is 1360. The van der Waals surface area contributed by atoms with E-state index in [0.717, 1.165) is 5.56 Å². The summed E-state index contributed by atoms with van der Waals surface area (Å²) in [5.74, 6) is -0.346. The topological polar surface area (TPSA) is 107 Å². The molecule has 1 N–H and O–H groups in total. The smallest absolute Gasteiger partial charge is 0.263 e. The third-order valence-electron chi connectivity index (χ3n) is 5.77. The Balaban J connectivity index is 1.60. The van der Waals surface area contributed by atoms with Crippen molar-refractivity contribution in [3.05, 3.63) is 69.1 Å². The summed E-state index contributed by atoms with van der Waals surface area (Å²) in [6.45, 7) is 0.213. The third-order valence-corrected chi connectivity index (χ3v) is 8.12. The molecular weight excluding hydrogens is 454 g/mol. The number of ether oxygens (including phenoxy) is 1. The average Bonchev–Trinajstić information content (AvgIpc) is 3.55. The highest BCUT2D eigenvalue weighted by molar-refractivity contribution is 7.92. The molecular formula is C22H22ClN3O5S. The SMILES string of the molecule is Cn1c(=O)c(C(=O)NCc2ccc(Cl)cc2)cc2ccnc(OCC3(S(C)(=O)=O)CC3)c21. The van der Waals surface area contributed by atoms with Gasteiger partial charge in [-0.2, -0.15) is 0 Å². The predicted molar refractivity (Wildman–Crippen MR) is 122 cm³/mol. The molecule has 1 saturated carbocycles. The Morgan fingerprint density at radius 3 is 2.56 bits per heavy atom. The lowest BCUT2D eigenvalue weighted by Crippen LogP contribution is -2.32. The van der Waals surface area contributed by atoms with Crippen molar-refractivity contribution >= 4 is 38.2 Å². The maximum absolute atomic E-state index is 12.9. The third kappa shape index (κ3) is 4.22. The summed E-state index contributed by atoms with van der Waals surface area (Å²) in [6.07, 6.45) is 3.77.